The first-order valence-electron chi connectivity index (χ1n) is 6.08. The van der Waals surface area contributed by atoms with E-state index in [1.807, 2.05) is 13.8 Å². The van der Waals surface area contributed by atoms with Gasteiger partial charge in [0.05, 0.1) is 6.10 Å². The summed E-state index contributed by atoms with van der Waals surface area (Å²) in [6, 6.07) is 0. The molecule has 0 aliphatic heterocycles. The van der Waals surface area contributed by atoms with Crippen LogP contribution >= 0.6 is 0 Å². The minimum atomic E-state index is -2.46. The lowest BCUT2D eigenvalue weighted by Gasteiger charge is -2.18. The van der Waals surface area contributed by atoms with Crippen LogP contribution in [0.1, 0.15) is 33.6 Å². The van der Waals surface area contributed by atoms with Gasteiger partial charge in [-0.05, 0) is 45.8 Å². The molecular weight excluding hydrogens is 238 g/mol. The molecule has 0 atom stereocenters. The Morgan fingerprint density at radius 2 is 1.89 bits per heavy atom. The van der Waals surface area contributed by atoms with E-state index in [0.717, 1.165) is 0 Å². The summed E-state index contributed by atoms with van der Waals surface area (Å²) in [5.74, 6) is 0.909. The average molecular weight is 258 g/mol. The summed E-state index contributed by atoms with van der Waals surface area (Å²) in [7, 11) is 0. The van der Waals surface area contributed by atoms with Gasteiger partial charge < -0.3 is 9.47 Å². The van der Waals surface area contributed by atoms with Crippen molar-refractivity contribution in [1.82, 2.24) is 0 Å². The van der Waals surface area contributed by atoms with E-state index in [-0.39, 0.29) is 6.10 Å². The van der Waals surface area contributed by atoms with Crippen molar-refractivity contribution in [2.45, 2.75) is 51.7 Å². The molecule has 0 unspecified atom stereocenters. The Balaban J connectivity index is 2.73. The maximum atomic E-state index is 12.8. The van der Waals surface area contributed by atoms with Gasteiger partial charge in [0.1, 0.15) is 11.5 Å². The summed E-state index contributed by atoms with van der Waals surface area (Å²) < 4.78 is 36.4. The van der Waals surface area contributed by atoms with Crippen LogP contribution < -0.4 is 0 Å². The number of halogens is 2. The Hall–Kier alpha value is -1.32. The molecule has 1 fully saturated rings. The minimum absolute atomic E-state index is 0.00246. The first-order chi connectivity index (χ1) is 8.43. The molecule has 1 aliphatic carbocycles. The highest BCUT2D eigenvalue weighted by Crippen LogP contribution is 2.46. The van der Waals surface area contributed by atoms with Crippen molar-refractivity contribution in [3.8, 4) is 0 Å². The Bertz CT molecular complexity index is 353. The molecule has 1 aliphatic rings. The Labute approximate surface area is 107 Å². The first-order valence-corrected chi connectivity index (χ1v) is 6.08. The SMILES string of the molecule is C=C/C(=C\C(=C/C)OC1(C(F)F)CC1)OC(C)C. The Morgan fingerprint density at radius 3 is 2.22 bits per heavy atom. The summed E-state index contributed by atoms with van der Waals surface area (Å²) in [5.41, 5.74) is -1.29. The number of alkyl halides is 2. The van der Waals surface area contributed by atoms with Crippen LogP contribution in [0.4, 0.5) is 8.78 Å². The standard InChI is InChI=1S/C14H20F2O2/c1-5-11(17-10(3)4)9-12(6-2)18-14(7-8-14)13(15)16/h5-6,9-10,13H,1,7-8H2,2-4H3/b11-9+,12-6+. The molecule has 1 rings (SSSR count). The second-order valence-corrected chi connectivity index (χ2v) is 4.58. The zero-order valence-electron chi connectivity index (χ0n) is 11.1. The zero-order chi connectivity index (χ0) is 13.8. The van der Waals surface area contributed by atoms with Gasteiger partial charge >= 0.3 is 0 Å². The predicted octanol–water partition coefficient (Wildman–Crippen LogP) is 4.20. The molecule has 0 aromatic carbocycles. The summed E-state index contributed by atoms with van der Waals surface area (Å²) in [4.78, 5) is 0. The summed E-state index contributed by atoms with van der Waals surface area (Å²) in [6.45, 7) is 9.13. The lowest BCUT2D eigenvalue weighted by molar-refractivity contribution is -0.0417. The number of hydrogen-bond donors (Lipinski definition) is 0. The Morgan fingerprint density at radius 1 is 1.28 bits per heavy atom. The highest BCUT2D eigenvalue weighted by Gasteiger charge is 2.54. The van der Waals surface area contributed by atoms with E-state index in [2.05, 4.69) is 6.58 Å². The summed E-state index contributed by atoms with van der Waals surface area (Å²) >= 11 is 0. The topological polar surface area (TPSA) is 18.5 Å². The van der Waals surface area contributed by atoms with Crippen LogP contribution in [0.15, 0.2) is 36.3 Å². The third-order valence-corrected chi connectivity index (χ3v) is 2.60. The molecule has 102 valence electrons. The first kappa shape index (κ1) is 14.7. The van der Waals surface area contributed by atoms with E-state index in [0.29, 0.717) is 24.4 Å². The van der Waals surface area contributed by atoms with Gasteiger partial charge in [-0.25, -0.2) is 8.78 Å². The minimum Gasteiger partial charge on any atom is -0.491 e. The molecular formula is C14H20F2O2. The van der Waals surface area contributed by atoms with Gasteiger partial charge in [0.2, 0.25) is 0 Å². The van der Waals surface area contributed by atoms with Crippen molar-refractivity contribution in [2.24, 2.45) is 0 Å². The largest absolute Gasteiger partial charge is 0.491 e. The van der Waals surface area contributed by atoms with Gasteiger partial charge in [-0.15, -0.1) is 0 Å². The van der Waals surface area contributed by atoms with Gasteiger partial charge in [-0.3, -0.25) is 0 Å². The van der Waals surface area contributed by atoms with Crippen molar-refractivity contribution in [3.63, 3.8) is 0 Å². The molecule has 0 amide bonds. The highest BCUT2D eigenvalue weighted by molar-refractivity contribution is 5.23. The second-order valence-electron chi connectivity index (χ2n) is 4.58. The van der Waals surface area contributed by atoms with Gasteiger partial charge in [-0.1, -0.05) is 6.58 Å². The molecule has 0 N–H and O–H groups in total. The monoisotopic (exact) mass is 258 g/mol. The van der Waals surface area contributed by atoms with Gasteiger partial charge in [0, 0.05) is 6.08 Å². The molecule has 0 radical (unpaired) electrons. The third-order valence-electron chi connectivity index (χ3n) is 2.60. The van der Waals surface area contributed by atoms with Gasteiger partial charge in [0.25, 0.3) is 6.43 Å². The lowest BCUT2D eigenvalue weighted by atomic mass is 10.3. The summed E-state index contributed by atoms with van der Waals surface area (Å²) in [6.07, 6.45) is 3.10. The van der Waals surface area contributed by atoms with Crippen LogP contribution in [0.2, 0.25) is 0 Å². The molecule has 2 nitrogen and oxygen atoms in total. The highest BCUT2D eigenvalue weighted by atomic mass is 19.3. The molecule has 0 aromatic rings. The maximum Gasteiger partial charge on any atom is 0.277 e. The van der Waals surface area contributed by atoms with Crippen LogP contribution in [-0.4, -0.2) is 18.1 Å². The molecule has 4 heteroatoms. The third kappa shape index (κ3) is 3.86. The van der Waals surface area contributed by atoms with E-state index < -0.39 is 12.0 Å². The normalized spacial score (nSPS) is 19.1. The lowest BCUT2D eigenvalue weighted by Crippen LogP contribution is -2.23. The van der Waals surface area contributed by atoms with Crippen LogP contribution in [0.3, 0.4) is 0 Å². The molecule has 0 saturated heterocycles. The number of ether oxygens (including phenoxy) is 2. The van der Waals surface area contributed by atoms with Crippen LogP contribution in [0, 0.1) is 0 Å². The average Bonchev–Trinajstić information content (AvgIpc) is 3.07. The van der Waals surface area contributed by atoms with Gasteiger partial charge in [-0.2, -0.15) is 0 Å². The van der Waals surface area contributed by atoms with Crippen molar-refractivity contribution in [1.29, 1.82) is 0 Å². The van der Waals surface area contributed by atoms with Crippen molar-refractivity contribution < 1.29 is 18.3 Å². The fourth-order valence-corrected chi connectivity index (χ4v) is 1.45. The van der Waals surface area contributed by atoms with Gasteiger partial charge in [0.15, 0.2) is 5.60 Å². The molecule has 0 spiro atoms. The number of hydrogen-bond acceptors (Lipinski definition) is 2. The fraction of sp³-hybridized carbons (Fsp3) is 0.571. The second kappa shape index (κ2) is 6.03. The molecule has 0 bridgehead atoms. The summed E-state index contributed by atoms with van der Waals surface area (Å²) in [5, 5.41) is 0. The number of allylic oxidation sites excluding steroid dienone is 3. The zero-order valence-corrected chi connectivity index (χ0v) is 11.1. The van der Waals surface area contributed by atoms with Crippen molar-refractivity contribution in [2.75, 3.05) is 0 Å². The van der Waals surface area contributed by atoms with Crippen LogP contribution in [0.5, 0.6) is 0 Å². The van der Waals surface area contributed by atoms with E-state index in [9.17, 15) is 8.78 Å². The smallest absolute Gasteiger partial charge is 0.277 e. The molecule has 0 aromatic heterocycles. The fourth-order valence-electron chi connectivity index (χ4n) is 1.45. The van der Waals surface area contributed by atoms with Crippen LogP contribution in [-0.2, 0) is 9.47 Å². The molecule has 1 saturated carbocycles. The van der Waals surface area contributed by atoms with E-state index in [1.54, 1.807) is 19.1 Å². The van der Waals surface area contributed by atoms with Crippen molar-refractivity contribution >= 4 is 0 Å². The van der Waals surface area contributed by atoms with E-state index >= 15 is 0 Å². The van der Waals surface area contributed by atoms with E-state index in [1.165, 1.54) is 6.08 Å². The van der Waals surface area contributed by atoms with Crippen LogP contribution in [0.25, 0.3) is 0 Å². The predicted molar refractivity (Wildman–Crippen MR) is 67.3 cm³/mol. The van der Waals surface area contributed by atoms with E-state index in [4.69, 9.17) is 9.47 Å². The quantitative estimate of drug-likeness (QED) is 0.503. The molecule has 18 heavy (non-hydrogen) atoms. The maximum absolute atomic E-state index is 12.8. The molecule has 0 heterocycles. The number of rotatable bonds is 7. The van der Waals surface area contributed by atoms with Crippen molar-refractivity contribution in [3.05, 3.63) is 36.3 Å². The Kier molecular flexibility index (Phi) is 4.93.